The molecule has 11 N–H and O–H groups in total. The summed E-state index contributed by atoms with van der Waals surface area (Å²) in [7, 11) is 0. The van der Waals surface area contributed by atoms with Gasteiger partial charge < -0.3 is 55.7 Å². The average Bonchev–Trinajstić information content (AvgIpc) is 0.929. The number of halogens is 1. The monoisotopic (exact) mass is 1380 g/mol. The van der Waals surface area contributed by atoms with Gasteiger partial charge >= 0.3 is 11.9 Å². The lowest BCUT2D eigenvalue weighted by Gasteiger charge is -2.07. The highest BCUT2D eigenvalue weighted by atomic mass is 79.9. The zero-order valence-electron chi connectivity index (χ0n) is 55.6. The molecule has 0 fully saturated rings. The lowest BCUT2D eigenvalue weighted by molar-refractivity contribution is -0.145. The highest BCUT2D eigenvalue weighted by Crippen LogP contribution is 2.23. The SMILES string of the molecule is CC(=N)N.CCOC(=O)CC(C)=O.Cc1cc(=O)[nH]c(C)n1.Cc1nc(C)c(Br)c(=O)[nH]1.Cc1nc(C)c(C#N)c(=O)[nH]1.Cc1nc(C)c(CCC(=O)c2ccc(Oc3ccccc3)cc2)c(=O)[nH]1.Cc1nc(C)c(CN)c(=O)[nH]1.O=C(O)c1ccc(Oc2ccccc2)cc1. The number of Topliss-reactive ketones (excluding diaryl/α,β-unsaturated/α-hetero) is 2. The summed E-state index contributed by atoms with van der Waals surface area (Å²) < 4.78 is 16.2. The molecule has 0 aliphatic heterocycles. The number of benzene rings is 4. The number of aryl methyl sites for hydroxylation is 10. The highest BCUT2D eigenvalue weighted by molar-refractivity contribution is 9.10. The number of hydrogen-bond donors (Lipinski definition) is 9. The van der Waals surface area contributed by atoms with E-state index in [0.717, 1.165) is 22.9 Å². The highest BCUT2D eigenvalue weighted by Gasteiger charge is 2.13. The zero-order valence-corrected chi connectivity index (χ0v) is 57.2. The maximum atomic E-state index is 12.4. The number of nitrogens with zero attached hydrogens (tertiary/aromatic N) is 6. The predicted octanol–water partition coefficient (Wildman–Crippen LogP) is 9.28. The van der Waals surface area contributed by atoms with E-state index in [4.69, 9.17) is 36.7 Å². The van der Waals surface area contributed by atoms with Crippen LogP contribution in [0, 0.1) is 86.0 Å². The molecule has 28 heteroatoms. The fourth-order valence-corrected chi connectivity index (χ4v) is 7.95. The number of carboxylic acid groups (broad SMARTS) is 1. The number of H-pyrrole nitrogens is 5. The Bertz CT molecular complexity index is 4370. The van der Waals surface area contributed by atoms with Crippen molar-refractivity contribution in [1.82, 2.24) is 49.8 Å². The molecule has 5 aromatic heterocycles. The second-order valence-corrected chi connectivity index (χ2v) is 21.1. The molecule has 0 atom stereocenters. The number of nitrogens with two attached hydrogens (primary N) is 2. The molecule has 0 spiro atoms. The molecular formula is C68H79BrN14O13. The van der Waals surface area contributed by atoms with Gasteiger partial charge in [-0.15, -0.1) is 0 Å². The standard InChI is InChI=1S/C21H20N2O3.C13H10O3.C7H11N3O.C7H7N3O.C6H7BrN2O.C6H8N2O.C6H10O3.C2H6N2/c1-14-19(21(25)23-15(2)22-14)12-13-20(24)16-8-10-18(11-9-16)26-17-6-4-3-5-7-17;14-13(15)10-6-8-12(9-7-10)16-11-4-2-1-3-5-11;2*1-4-6(3-8)7(11)10-5(2)9-4;1-3-5(7)6(10)9-4(2)8-3;1-4-3-6(9)8-5(2)7-4;1-3-9-6(8)4-5(2)7;1-2(3)4/h3-11H,12-13H2,1-2H3,(H,22,23,25);1-9H,(H,14,15);3,8H2,1-2H3,(H,9,10,11);1-2H3,(H,9,10,11);1-2H3,(H,8,9,10);3H,1-2H3,(H,7,8,9);3-4H2,1-2H3;1H3,(H3,3,4). The Hall–Kier alpha value is -11.4. The summed E-state index contributed by atoms with van der Waals surface area (Å²) >= 11 is 3.11. The number of para-hydroxylation sites is 2. The molecule has 5 heterocycles. The Labute approximate surface area is 561 Å². The van der Waals surface area contributed by atoms with Crippen LogP contribution in [-0.4, -0.2) is 90.9 Å². The molecule has 0 aliphatic rings. The van der Waals surface area contributed by atoms with Gasteiger partial charge in [0.2, 0.25) is 0 Å². The van der Waals surface area contributed by atoms with E-state index in [1.165, 1.54) is 32.0 Å². The minimum atomic E-state index is -0.939. The van der Waals surface area contributed by atoms with Gasteiger partial charge in [0, 0.05) is 47.2 Å². The van der Waals surface area contributed by atoms with E-state index < -0.39 is 11.9 Å². The van der Waals surface area contributed by atoms with Gasteiger partial charge in [-0.25, -0.2) is 29.7 Å². The number of carbonyl (C=O) groups is 4. The second-order valence-electron chi connectivity index (χ2n) is 20.4. The molecule has 0 radical (unpaired) electrons. The molecular weight excluding hydrogens is 1300 g/mol. The van der Waals surface area contributed by atoms with Crippen molar-refractivity contribution < 1.29 is 38.5 Å². The molecule has 9 aromatic rings. The molecule has 0 unspecified atom stereocenters. The van der Waals surface area contributed by atoms with Crippen LogP contribution in [0.1, 0.15) is 129 Å². The number of ketones is 2. The van der Waals surface area contributed by atoms with Crippen LogP contribution in [0.2, 0.25) is 0 Å². The van der Waals surface area contributed by atoms with Gasteiger partial charge in [0.15, 0.2) is 5.78 Å². The molecule has 96 heavy (non-hydrogen) atoms. The van der Waals surface area contributed by atoms with Crippen LogP contribution in [0.25, 0.3) is 0 Å². The minimum Gasteiger partial charge on any atom is -0.478 e. The third kappa shape index (κ3) is 31.3. The van der Waals surface area contributed by atoms with Gasteiger partial charge in [-0.2, -0.15) is 5.26 Å². The number of rotatable bonds is 13. The predicted molar refractivity (Wildman–Crippen MR) is 367 cm³/mol. The van der Waals surface area contributed by atoms with Crippen molar-refractivity contribution in [1.29, 1.82) is 10.7 Å². The van der Waals surface area contributed by atoms with E-state index in [1.54, 1.807) is 119 Å². The van der Waals surface area contributed by atoms with Crippen molar-refractivity contribution in [3.63, 3.8) is 0 Å². The number of amidine groups is 1. The van der Waals surface area contributed by atoms with E-state index >= 15 is 0 Å². The molecule has 0 bridgehead atoms. The van der Waals surface area contributed by atoms with Gasteiger partial charge in [-0.1, -0.05) is 36.4 Å². The van der Waals surface area contributed by atoms with Gasteiger partial charge in [0.25, 0.3) is 27.8 Å². The van der Waals surface area contributed by atoms with Crippen LogP contribution in [0.5, 0.6) is 23.0 Å². The average molecular weight is 1380 g/mol. The third-order valence-corrected chi connectivity index (χ3v) is 12.8. The van der Waals surface area contributed by atoms with Crippen LogP contribution in [0.3, 0.4) is 0 Å². The topological polar surface area (TPSA) is 445 Å². The van der Waals surface area contributed by atoms with Gasteiger partial charge in [-0.05, 0) is 185 Å². The van der Waals surface area contributed by atoms with E-state index in [0.29, 0.717) is 91.9 Å². The number of aromatic nitrogens is 10. The normalized spacial score (nSPS) is 9.69. The Kier molecular flexibility index (Phi) is 35.2. The first-order valence-electron chi connectivity index (χ1n) is 29.2. The van der Waals surface area contributed by atoms with E-state index in [-0.39, 0.29) is 75.7 Å². The number of nitrogens with one attached hydrogen (secondary N) is 6. The summed E-state index contributed by atoms with van der Waals surface area (Å²) in [6.07, 6.45) is 0.525. The molecule has 506 valence electrons. The maximum Gasteiger partial charge on any atom is 0.335 e. The number of hydrogen-bond acceptors (Lipinski definition) is 20. The van der Waals surface area contributed by atoms with Crippen molar-refractivity contribution in [2.75, 3.05) is 6.61 Å². The maximum absolute atomic E-state index is 12.4. The van der Waals surface area contributed by atoms with E-state index in [2.05, 4.69) is 70.5 Å². The first-order chi connectivity index (χ1) is 45.3. The summed E-state index contributed by atoms with van der Waals surface area (Å²) in [5.74, 6) is 4.43. The Morgan fingerprint density at radius 3 is 1.33 bits per heavy atom. The van der Waals surface area contributed by atoms with Gasteiger partial charge in [-0.3, -0.25) is 43.8 Å². The van der Waals surface area contributed by atoms with Gasteiger partial charge in [0.05, 0.1) is 35.0 Å². The summed E-state index contributed by atoms with van der Waals surface area (Å²) in [5, 5.41) is 23.5. The van der Waals surface area contributed by atoms with Crippen molar-refractivity contribution in [2.45, 2.75) is 116 Å². The lowest BCUT2D eigenvalue weighted by Crippen LogP contribution is -2.20. The third-order valence-electron chi connectivity index (χ3n) is 11.9. The van der Waals surface area contributed by atoms with E-state index in [9.17, 15) is 43.2 Å². The van der Waals surface area contributed by atoms with Crippen LogP contribution >= 0.6 is 15.9 Å². The number of esters is 1. The fraction of sp³-hybridized carbons (Fsp3) is 0.265. The fourth-order valence-electron chi connectivity index (χ4n) is 7.76. The summed E-state index contributed by atoms with van der Waals surface area (Å²) in [6.45, 7) is 22.6. The molecule has 0 saturated heterocycles. The van der Waals surface area contributed by atoms with Crippen LogP contribution in [0.4, 0.5) is 0 Å². The number of aromatic amines is 5. The van der Waals surface area contributed by atoms with Crippen LogP contribution < -0.4 is 48.7 Å². The first-order valence-corrected chi connectivity index (χ1v) is 30.0. The van der Waals surface area contributed by atoms with Crippen molar-refractivity contribution in [3.05, 3.63) is 257 Å². The first kappa shape index (κ1) is 80.7. The Morgan fingerprint density at radius 2 is 0.958 bits per heavy atom. The van der Waals surface area contributed by atoms with E-state index in [1.807, 2.05) is 60.7 Å². The van der Waals surface area contributed by atoms with Crippen molar-refractivity contribution >= 4 is 45.3 Å². The number of ether oxygens (including phenoxy) is 3. The van der Waals surface area contributed by atoms with Gasteiger partial charge in [0.1, 0.15) is 80.4 Å². The quantitative estimate of drug-likeness (QED) is 0.0171. The second kappa shape index (κ2) is 41.9. The molecule has 0 saturated carbocycles. The van der Waals surface area contributed by atoms with Crippen molar-refractivity contribution in [3.8, 4) is 29.1 Å². The molecule has 9 rings (SSSR count). The van der Waals surface area contributed by atoms with Crippen LogP contribution in [-0.2, 0) is 27.3 Å². The number of nitriles is 1. The molecule has 4 aromatic carbocycles. The largest absolute Gasteiger partial charge is 0.478 e. The smallest absolute Gasteiger partial charge is 0.335 e. The number of aromatic carboxylic acids is 1. The number of carbonyl (C=O) groups excluding carboxylic acids is 3. The Morgan fingerprint density at radius 1 is 0.562 bits per heavy atom. The van der Waals surface area contributed by atoms with Crippen molar-refractivity contribution in [2.24, 2.45) is 11.5 Å². The summed E-state index contributed by atoms with van der Waals surface area (Å²) in [4.78, 5) is 132. The Balaban J connectivity index is 0.000000393. The molecule has 0 amide bonds. The summed E-state index contributed by atoms with van der Waals surface area (Å²) in [5.41, 5.74) is 14.6. The lowest BCUT2D eigenvalue weighted by atomic mass is 10.0. The minimum absolute atomic E-state index is 0.0179. The summed E-state index contributed by atoms with van der Waals surface area (Å²) in [6, 6.07) is 35.4. The zero-order chi connectivity index (χ0) is 72.2. The number of carboxylic acids is 1. The molecule has 0 aliphatic carbocycles. The van der Waals surface area contributed by atoms with Crippen LogP contribution in [0.15, 0.2) is 144 Å². The molecule has 27 nitrogen and oxygen atoms in total.